The number of esters is 1. The fourth-order valence-electron chi connectivity index (χ4n) is 0.670. The molecule has 0 aromatic carbocycles. The van der Waals surface area contributed by atoms with Gasteiger partial charge in [0.05, 0.1) is 0 Å². The number of alkyl carbamates (subject to hydrolysis) is 1. The molecule has 0 unspecified atom stereocenters. The van der Waals surface area contributed by atoms with Crippen LogP contribution in [0.3, 0.4) is 0 Å². The number of carbonyl (C=O) groups excluding carboxylic acids is 2. The highest BCUT2D eigenvalue weighted by Gasteiger charge is 2.31. The summed E-state index contributed by atoms with van der Waals surface area (Å²) in [5.74, 6) is 0.101. The lowest BCUT2D eigenvalue weighted by atomic mass is 10.4. The standard InChI is InChI=1S/C5H7NO3S/c1-10-2-3-4(7)9-5(8)6-3/h3H,2H2,1H3,(H,6,8)/t3-/m0/s1. The van der Waals surface area contributed by atoms with Crippen molar-refractivity contribution in [2.24, 2.45) is 0 Å². The van der Waals surface area contributed by atoms with Gasteiger partial charge in [0.1, 0.15) is 6.04 Å². The SMILES string of the molecule is CSC[C@@H]1NC(=O)OC1=O. The molecule has 1 amide bonds. The molecule has 1 heterocycles. The predicted octanol–water partition coefficient (Wildman–Crippen LogP) is -0.0156. The Hall–Kier alpha value is -0.710. The van der Waals surface area contributed by atoms with E-state index in [0.29, 0.717) is 5.75 Å². The van der Waals surface area contributed by atoms with E-state index in [1.165, 1.54) is 11.8 Å². The van der Waals surface area contributed by atoms with E-state index >= 15 is 0 Å². The van der Waals surface area contributed by atoms with E-state index in [0.717, 1.165) is 0 Å². The molecule has 0 aromatic heterocycles. The Morgan fingerprint density at radius 3 is 2.80 bits per heavy atom. The molecule has 1 fully saturated rings. The molecule has 1 aliphatic rings. The maximum Gasteiger partial charge on any atom is 0.415 e. The van der Waals surface area contributed by atoms with E-state index in [9.17, 15) is 9.59 Å². The van der Waals surface area contributed by atoms with Crippen LogP contribution in [0.15, 0.2) is 0 Å². The molecule has 5 heteroatoms. The number of amides is 1. The molecule has 10 heavy (non-hydrogen) atoms. The van der Waals surface area contributed by atoms with Crippen molar-refractivity contribution in [3.8, 4) is 0 Å². The van der Waals surface area contributed by atoms with Gasteiger partial charge in [-0.2, -0.15) is 11.8 Å². The van der Waals surface area contributed by atoms with E-state index < -0.39 is 18.1 Å². The fraction of sp³-hybridized carbons (Fsp3) is 0.600. The average molecular weight is 161 g/mol. The molecule has 0 aromatic rings. The third-order valence-electron chi connectivity index (χ3n) is 1.10. The molecule has 0 spiro atoms. The molecule has 0 bridgehead atoms. The van der Waals surface area contributed by atoms with Crippen LogP contribution in [-0.2, 0) is 9.53 Å². The van der Waals surface area contributed by atoms with E-state index in [1.54, 1.807) is 0 Å². The van der Waals surface area contributed by atoms with Crippen LogP contribution in [0.5, 0.6) is 0 Å². The van der Waals surface area contributed by atoms with Crippen molar-refractivity contribution < 1.29 is 14.3 Å². The Kier molecular flexibility index (Phi) is 2.16. The van der Waals surface area contributed by atoms with Crippen molar-refractivity contribution in [1.82, 2.24) is 5.32 Å². The molecule has 1 N–H and O–H groups in total. The summed E-state index contributed by atoms with van der Waals surface area (Å²) >= 11 is 1.49. The molecule has 56 valence electrons. The minimum absolute atomic E-state index is 0.442. The highest BCUT2D eigenvalue weighted by Crippen LogP contribution is 2.05. The number of ether oxygens (including phenoxy) is 1. The van der Waals surface area contributed by atoms with Crippen LogP contribution in [-0.4, -0.2) is 30.1 Å². The first-order chi connectivity index (χ1) is 4.74. The first kappa shape index (κ1) is 7.40. The molecular formula is C5H7NO3S. The van der Waals surface area contributed by atoms with Gasteiger partial charge in [-0.1, -0.05) is 0 Å². The Labute approximate surface area is 62.3 Å². The molecule has 1 atom stereocenters. The first-order valence-electron chi connectivity index (χ1n) is 2.75. The van der Waals surface area contributed by atoms with Crippen LogP contribution in [0.25, 0.3) is 0 Å². The van der Waals surface area contributed by atoms with E-state index in [4.69, 9.17) is 0 Å². The lowest BCUT2D eigenvalue weighted by molar-refractivity contribution is -0.134. The first-order valence-corrected chi connectivity index (χ1v) is 4.14. The zero-order valence-electron chi connectivity index (χ0n) is 5.42. The number of hydrogen-bond donors (Lipinski definition) is 1. The summed E-state index contributed by atoms with van der Waals surface area (Å²) in [5, 5.41) is 2.37. The lowest BCUT2D eigenvalue weighted by Crippen LogP contribution is -2.30. The van der Waals surface area contributed by atoms with Crippen molar-refractivity contribution in [3.63, 3.8) is 0 Å². The van der Waals surface area contributed by atoms with E-state index in [-0.39, 0.29) is 0 Å². The number of rotatable bonds is 2. The van der Waals surface area contributed by atoms with Crippen molar-refractivity contribution in [3.05, 3.63) is 0 Å². The molecule has 1 aliphatic heterocycles. The minimum Gasteiger partial charge on any atom is -0.375 e. The summed E-state index contributed by atoms with van der Waals surface area (Å²) in [7, 11) is 0. The monoisotopic (exact) mass is 161 g/mol. The zero-order chi connectivity index (χ0) is 7.56. The number of thioether (sulfide) groups is 1. The zero-order valence-corrected chi connectivity index (χ0v) is 6.23. The molecule has 4 nitrogen and oxygen atoms in total. The van der Waals surface area contributed by atoms with Crippen LogP contribution in [0.4, 0.5) is 4.79 Å². The normalized spacial score (nSPS) is 24.3. The maximum absolute atomic E-state index is 10.7. The van der Waals surface area contributed by atoms with Crippen molar-refractivity contribution in [2.45, 2.75) is 6.04 Å². The molecule has 0 aliphatic carbocycles. The van der Waals surface area contributed by atoms with E-state index in [1.807, 2.05) is 6.26 Å². The van der Waals surface area contributed by atoms with Crippen LogP contribution in [0.2, 0.25) is 0 Å². The van der Waals surface area contributed by atoms with Gasteiger partial charge in [-0.15, -0.1) is 0 Å². The fourth-order valence-corrected chi connectivity index (χ4v) is 1.22. The Morgan fingerprint density at radius 1 is 1.70 bits per heavy atom. The van der Waals surface area contributed by atoms with Gasteiger partial charge in [0.25, 0.3) is 0 Å². The van der Waals surface area contributed by atoms with Crippen molar-refractivity contribution in [2.75, 3.05) is 12.0 Å². The van der Waals surface area contributed by atoms with Crippen molar-refractivity contribution in [1.29, 1.82) is 0 Å². The van der Waals surface area contributed by atoms with Gasteiger partial charge < -0.3 is 10.1 Å². The Bertz CT molecular complexity index is 170. The molecular weight excluding hydrogens is 154 g/mol. The Morgan fingerprint density at radius 2 is 2.40 bits per heavy atom. The highest BCUT2D eigenvalue weighted by atomic mass is 32.2. The third-order valence-corrected chi connectivity index (χ3v) is 1.77. The number of carbonyl (C=O) groups is 2. The average Bonchev–Trinajstić information content (AvgIpc) is 2.13. The topological polar surface area (TPSA) is 55.4 Å². The minimum atomic E-state index is -0.635. The number of nitrogens with one attached hydrogen (secondary N) is 1. The van der Waals surface area contributed by atoms with Crippen LogP contribution < -0.4 is 5.32 Å². The quantitative estimate of drug-likeness (QED) is 0.457. The Balaban J connectivity index is 2.46. The molecule has 0 saturated carbocycles. The largest absolute Gasteiger partial charge is 0.415 e. The summed E-state index contributed by atoms with van der Waals surface area (Å²) < 4.78 is 4.22. The van der Waals surface area contributed by atoms with Crippen molar-refractivity contribution >= 4 is 23.8 Å². The number of cyclic esters (lactones) is 2. The van der Waals surface area contributed by atoms with Gasteiger partial charge in [-0.05, 0) is 6.26 Å². The van der Waals surface area contributed by atoms with Gasteiger partial charge in [0, 0.05) is 5.75 Å². The predicted molar refractivity (Wildman–Crippen MR) is 36.8 cm³/mol. The summed E-state index contributed by atoms with van der Waals surface area (Å²) in [5.41, 5.74) is 0. The van der Waals surface area contributed by atoms with Gasteiger partial charge in [-0.3, -0.25) is 0 Å². The van der Waals surface area contributed by atoms with Gasteiger partial charge in [-0.25, -0.2) is 9.59 Å². The number of hydrogen-bond acceptors (Lipinski definition) is 4. The third kappa shape index (κ3) is 1.41. The highest BCUT2D eigenvalue weighted by molar-refractivity contribution is 7.98. The summed E-state index contributed by atoms with van der Waals surface area (Å²) in [6.45, 7) is 0. The second-order valence-corrected chi connectivity index (χ2v) is 2.77. The van der Waals surface area contributed by atoms with Gasteiger partial charge in [0.15, 0.2) is 0 Å². The second-order valence-electron chi connectivity index (χ2n) is 1.86. The van der Waals surface area contributed by atoms with Gasteiger partial charge in [0.2, 0.25) is 0 Å². The second kappa shape index (κ2) is 2.92. The molecule has 0 radical (unpaired) electrons. The smallest absolute Gasteiger partial charge is 0.375 e. The van der Waals surface area contributed by atoms with Crippen LogP contribution >= 0.6 is 11.8 Å². The lowest BCUT2D eigenvalue weighted by Gasteiger charge is -1.99. The van der Waals surface area contributed by atoms with Gasteiger partial charge >= 0.3 is 12.1 Å². The van der Waals surface area contributed by atoms with E-state index in [2.05, 4.69) is 10.1 Å². The molecule has 1 rings (SSSR count). The summed E-state index contributed by atoms with van der Waals surface area (Å²) in [6.07, 6.45) is 1.22. The summed E-state index contributed by atoms with van der Waals surface area (Å²) in [6, 6.07) is -0.442. The van der Waals surface area contributed by atoms with Crippen LogP contribution in [0, 0.1) is 0 Å². The maximum atomic E-state index is 10.7. The summed E-state index contributed by atoms with van der Waals surface area (Å²) in [4.78, 5) is 21.0. The van der Waals surface area contributed by atoms with Crippen LogP contribution in [0.1, 0.15) is 0 Å². The molecule has 1 saturated heterocycles.